The molecular formula is C10H11Cl2N. The van der Waals surface area contributed by atoms with Gasteiger partial charge in [0.15, 0.2) is 0 Å². The number of rotatable bonds is 0. The van der Waals surface area contributed by atoms with Crippen molar-refractivity contribution in [1.29, 1.82) is 0 Å². The summed E-state index contributed by atoms with van der Waals surface area (Å²) in [4.78, 5) is 0. The summed E-state index contributed by atoms with van der Waals surface area (Å²) in [5, 5.41) is 4.90. The van der Waals surface area contributed by atoms with Gasteiger partial charge in [-0.2, -0.15) is 0 Å². The van der Waals surface area contributed by atoms with E-state index < -0.39 is 0 Å². The summed E-state index contributed by atoms with van der Waals surface area (Å²) in [6.07, 6.45) is 0.996. The van der Waals surface area contributed by atoms with E-state index in [1.54, 1.807) is 0 Å². The molecule has 1 nitrogen and oxygen atoms in total. The lowest BCUT2D eigenvalue weighted by Gasteiger charge is -2.24. The zero-order valence-corrected chi connectivity index (χ0v) is 8.91. The minimum Gasteiger partial charge on any atom is -0.310 e. The van der Waals surface area contributed by atoms with E-state index >= 15 is 0 Å². The number of halogens is 2. The monoisotopic (exact) mass is 215 g/mol. The second-order valence-electron chi connectivity index (χ2n) is 3.38. The third-order valence-corrected chi connectivity index (χ3v) is 3.04. The normalized spacial score (nSPS) is 21.3. The summed E-state index contributed by atoms with van der Waals surface area (Å²) in [7, 11) is 0. The molecule has 1 atom stereocenters. The smallest absolute Gasteiger partial charge is 0.0456 e. The van der Waals surface area contributed by atoms with E-state index in [-0.39, 0.29) is 0 Å². The lowest BCUT2D eigenvalue weighted by molar-refractivity contribution is 0.541. The van der Waals surface area contributed by atoms with Crippen LogP contribution < -0.4 is 5.32 Å². The molecule has 1 aromatic carbocycles. The van der Waals surface area contributed by atoms with E-state index in [9.17, 15) is 0 Å². The molecule has 0 bridgehead atoms. The third-order valence-electron chi connectivity index (χ3n) is 2.49. The van der Waals surface area contributed by atoms with Crippen molar-refractivity contribution in [3.8, 4) is 0 Å². The zero-order chi connectivity index (χ0) is 9.42. The van der Waals surface area contributed by atoms with Gasteiger partial charge in [-0.3, -0.25) is 0 Å². The van der Waals surface area contributed by atoms with Crippen LogP contribution in [0.25, 0.3) is 0 Å². The Kier molecular flexibility index (Phi) is 2.50. The van der Waals surface area contributed by atoms with Gasteiger partial charge in [0.05, 0.1) is 0 Å². The molecule has 0 aliphatic carbocycles. The van der Waals surface area contributed by atoms with Crippen LogP contribution in [0, 0.1) is 0 Å². The Hall–Kier alpha value is -0.240. The Labute approximate surface area is 88.0 Å². The predicted molar refractivity (Wildman–Crippen MR) is 56.6 cm³/mol. The van der Waals surface area contributed by atoms with Gasteiger partial charge in [-0.15, -0.1) is 0 Å². The van der Waals surface area contributed by atoms with Crippen molar-refractivity contribution in [2.24, 2.45) is 0 Å². The van der Waals surface area contributed by atoms with Crippen molar-refractivity contribution in [1.82, 2.24) is 5.32 Å². The minimum atomic E-state index is 0.361. The van der Waals surface area contributed by atoms with Crippen molar-refractivity contribution >= 4 is 23.2 Å². The van der Waals surface area contributed by atoms with Crippen LogP contribution in [0.1, 0.15) is 24.1 Å². The molecule has 70 valence electrons. The second-order valence-corrected chi connectivity index (χ2v) is 4.22. The fourth-order valence-corrected chi connectivity index (χ4v) is 2.40. The van der Waals surface area contributed by atoms with Gasteiger partial charge in [0.2, 0.25) is 0 Å². The molecule has 1 heterocycles. The average Bonchev–Trinajstić information content (AvgIpc) is 2.07. The quantitative estimate of drug-likeness (QED) is 0.702. The molecule has 0 spiro atoms. The Morgan fingerprint density at radius 2 is 2.15 bits per heavy atom. The van der Waals surface area contributed by atoms with Crippen LogP contribution in [-0.4, -0.2) is 6.54 Å². The van der Waals surface area contributed by atoms with Crippen molar-refractivity contribution in [3.63, 3.8) is 0 Å². The lowest BCUT2D eigenvalue weighted by Crippen LogP contribution is -2.27. The maximum atomic E-state index is 6.10. The van der Waals surface area contributed by atoms with Crippen LogP contribution in [0.5, 0.6) is 0 Å². The largest absolute Gasteiger partial charge is 0.310 e. The highest BCUT2D eigenvalue weighted by molar-refractivity contribution is 6.35. The van der Waals surface area contributed by atoms with Crippen LogP contribution in [-0.2, 0) is 6.42 Å². The molecule has 0 radical (unpaired) electrons. The molecule has 0 saturated carbocycles. The molecule has 0 amide bonds. The minimum absolute atomic E-state index is 0.361. The maximum Gasteiger partial charge on any atom is 0.0456 e. The molecule has 3 heteroatoms. The van der Waals surface area contributed by atoms with Gasteiger partial charge in [-0.25, -0.2) is 0 Å². The Morgan fingerprint density at radius 1 is 1.38 bits per heavy atom. The van der Waals surface area contributed by atoms with Crippen molar-refractivity contribution in [2.75, 3.05) is 6.54 Å². The first-order valence-corrected chi connectivity index (χ1v) is 5.15. The number of hydrogen-bond acceptors (Lipinski definition) is 1. The summed E-state index contributed by atoms with van der Waals surface area (Å²) < 4.78 is 0. The van der Waals surface area contributed by atoms with Gasteiger partial charge in [0, 0.05) is 16.1 Å². The number of nitrogens with one attached hydrogen (secondary N) is 1. The van der Waals surface area contributed by atoms with Crippen LogP contribution >= 0.6 is 23.2 Å². The van der Waals surface area contributed by atoms with E-state index in [4.69, 9.17) is 23.2 Å². The summed E-state index contributed by atoms with van der Waals surface area (Å²) in [5.74, 6) is 0. The van der Waals surface area contributed by atoms with Gasteiger partial charge >= 0.3 is 0 Å². The molecule has 1 aromatic rings. The Bertz CT molecular complexity index is 336. The van der Waals surface area contributed by atoms with Gasteiger partial charge < -0.3 is 5.32 Å². The summed E-state index contributed by atoms with van der Waals surface area (Å²) in [6, 6.07) is 4.18. The molecule has 1 N–H and O–H groups in total. The fraction of sp³-hybridized carbons (Fsp3) is 0.400. The SMILES string of the molecule is C[C@@H]1NCCc2c(Cl)cc(Cl)cc21. The fourth-order valence-electron chi connectivity index (χ4n) is 1.80. The molecule has 2 rings (SSSR count). The standard InChI is InChI=1S/C10H11Cl2N/c1-6-9-4-7(11)5-10(12)8(9)2-3-13-6/h4-6,13H,2-3H2,1H3/t6-/m0/s1. The highest BCUT2D eigenvalue weighted by atomic mass is 35.5. The van der Waals surface area contributed by atoms with Gasteiger partial charge in [-0.05, 0) is 43.1 Å². The molecule has 0 aromatic heterocycles. The van der Waals surface area contributed by atoms with Crippen molar-refractivity contribution in [2.45, 2.75) is 19.4 Å². The molecule has 13 heavy (non-hydrogen) atoms. The first-order valence-electron chi connectivity index (χ1n) is 4.39. The van der Waals surface area contributed by atoms with Crippen LogP contribution in [0.15, 0.2) is 12.1 Å². The van der Waals surface area contributed by atoms with E-state index in [2.05, 4.69) is 12.2 Å². The number of benzene rings is 1. The van der Waals surface area contributed by atoms with Gasteiger partial charge in [0.1, 0.15) is 0 Å². The van der Waals surface area contributed by atoms with E-state index in [0.29, 0.717) is 6.04 Å². The first kappa shape index (κ1) is 9.32. The van der Waals surface area contributed by atoms with E-state index in [0.717, 1.165) is 23.0 Å². The third kappa shape index (κ3) is 1.69. The Morgan fingerprint density at radius 3 is 2.92 bits per heavy atom. The number of hydrogen-bond donors (Lipinski definition) is 1. The summed E-state index contributed by atoms with van der Waals surface area (Å²) >= 11 is 12.0. The first-order chi connectivity index (χ1) is 6.18. The molecule has 0 unspecified atom stereocenters. The zero-order valence-electron chi connectivity index (χ0n) is 7.40. The van der Waals surface area contributed by atoms with Gasteiger partial charge in [-0.1, -0.05) is 23.2 Å². The topological polar surface area (TPSA) is 12.0 Å². The maximum absolute atomic E-state index is 6.10. The lowest BCUT2D eigenvalue weighted by atomic mass is 9.95. The molecule has 0 saturated heterocycles. The van der Waals surface area contributed by atoms with E-state index in [1.165, 1.54) is 11.1 Å². The average molecular weight is 216 g/mol. The summed E-state index contributed by atoms with van der Waals surface area (Å²) in [5.41, 5.74) is 2.49. The number of fused-ring (bicyclic) bond motifs is 1. The van der Waals surface area contributed by atoms with Crippen LogP contribution in [0.3, 0.4) is 0 Å². The molecule has 0 fully saturated rings. The summed E-state index contributed by atoms with van der Waals surface area (Å²) in [6.45, 7) is 3.13. The molecule has 1 aliphatic rings. The predicted octanol–water partition coefficient (Wildman–Crippen LogP) is 3.20. The second kappa shape index (κ2) is 3.49. The molecule has 1 aliphatic heterocycles. The van der Waals surface area contributed by atoms with Gasteiger partial charge in [0.25, 0.3) is 0 Å². The molecular weight excluding hydrogens is 205 g/mol. The van der Waals surface area contributed by atoms with Crippen molar-refractivity contribution < 1.29 is 0 Å². The highest BCUT2D eigenvalue weighted by Crippen LogP contribution is 2.31. The Balaban J connectivity index is 2.56. The van der Waals surface area contributed by atoms with E-state index in [1.807, 2.05) is 12.1 Å². The van der Waals surface area contributed by atoms with Crippen LogP contribution in [0.2, 0.25) is 10.0 Å². The van der Waals surface area contributed by atoms with Crippen LogP contribution in [0.4, 0.5) is 0 Å². The highest BCUT2D eigenvalue weighted by Gasteiger charge is 2.18. The van der Waals surface area contributed by atoms with Crippen molar-refractivity contribution in [3.05, 3.63) is 33.3 Å².